The summed E-state index contributed by atoms with van der Waals surface area (Å²) < 4.78 is 44.2. The summed E-state index contributed by atoms with van der Waals surface area (Å²) in [5.74, 6) is -8.26. The Morgan fingerprint density at radius 1 is 1.12 bits per heavy atom. The first-order valence-corrected chi connectivity index (χ1v) is 14.3. The SMILES string of the molecule is CCN(Cc1cc(O)c2c(c1C(F)(F)F)CC1C[C@H]3CC(O)=C(C(N)=O)C(=O)[C@@]3(O)C(O)=C1C2=O)CC1CCCCC1. The Morgan fingerprint density at radius 3 is 2.38 bits per heavy atom. The molecule has 0 bridgehead atoms. The number of primary amides is 1. The average molecular weight is 593 g/mol. The van der Waals surface area contributed by atoms with Gasteiger partial charge in [-0.15, -0.1) is 0 Å². The van der Waals surface area contributed by atoms with Crippen LogP contribution in [-0.2, 0) is 28.7 Å². The molecule has 1 aromatic rings. The molecule has 228 valence electrons. The van der Waals surface area contributed by atoms with Gasteiger partial charge in [-0.05, 0) is 61.3 Å². The number of alkyl halides is 3. The van der Waals surface area contributed by atoms with Crippen LogP contribution in [0.2, 0.25) is 0 Å². The summed E-state index contributed by atoms with van der Waals surface area (Å²) in [6.45, 7) is 2.89. The summed E-state index contributed by atoms with van der Waals surface area (Å²) in [4.78, 5) is 40.5. The predicted molar refractivity (Wildman–Crippen MR) is 143 cm³/mol. The molecular weight excluding hydrogens is 557 g/mol. The number of phenolic OH excluding ortho intramolecular Hbond substituents is 1. The highest BCUT2D eigenvalue weighted by atomic mass is 19.4. The molecule has 3 atom stereocenters. The molecule has 12 heteroatoms. The van der Waals surface area contributed by atoms with E-state index in [1.807, 2.05) is 11.8 Å². The monoisotopic (exact) mass is 592 g/mol. The summed E-state index contributed by atoms with van der Waals surface area (Å²) in [6.07, 6.45) is -0.637. The number of fused-ring (bicyclic) bond motifs is 3. The van der Waals surface area contributed by atoms with Gasteiger partial charge in [0.05, 0.1) is 11.1 Å². The van der Waals surface area contributed by atoms with E-state index < -0.39 is 99.0 Å². The number of phenols is 1. The second kappa shape index (κ2) is 10.7. The lowest BCUT2D eigenvalue weighted by Crippen LogP contribution is -2.57. The maximum absolute atomic E-state index is 14.7. The minimum atomic E-state index is -4.87. The Balaban J connectivity index is 1.58. The number of aliphatic hydroxyl groups is 3. The summed E-state index contributed by atoms with van der Waals surface area (Å²) >= 11 is 0. The van der Waals surface area contributed by atoms with Gasteiger partial charge in [-0.2, -0.15) is 13.2 Å². The van der Waals surface area contributed by atoms with Gasteiger partial charge in [0.15, 0.2) is 11.4 Å². The summed E-state index contributed by atoms with van der Waals surface area (Å²) in [5.41, 5.74) is -1.21. The highest BCUT2D eigenvalue weighted by Crippen LogP contribution is 2.53. The van der Waals surface area contributed by atoms with Crippen LogP contribution in [0.1, 0.15) is 78.9 Å². The molecule has 6 N–H and O–H groups in total. The number of hydrogen-bond acceptors (Lipinski definition) is 8. The van der Waals surface area contributed by atoms with E-state index in [1.54, 1.807) is 0 Å². The van der Waals surface area contributed by atoms with E-state index in [1.165, 1.54) is 0 Å². The van der Waals surface area contributed by atoms with E-state index in [4.69, 9.17) is 5.73 Å². The summed E-state index contributed by atoms with van der Waals surface area (Å²) in [6, 6.07) is 0.944. The number of aliphatic hydroxyl groups excluding tert-OH is 2. The largest absolute Gasteiger partial charge is 0.511 e. The van der Waals surface area contributed by atoms with E-state index in [2.05, 4.69) is 0 Å². The van der Waals surface area contributed by atoms with Gasteiger partial charge >= 0.3 is 6.18 Å². The first-order chi connectivity index (χ1) is 19.7. The van der Waals surface area contributed by atoms with Crippen molar-refractivity contribution in [2.24, 2.45) is 23.5 Å². The van der Waals surface area contributed by atoms with Crippen molar-refractivity contribution in [1.29, 1.82) is 0 Å². The first kappa shape index (κ1) is 30.1. The molecule has 0 aromatic heterocycles. The number of benzene rings is 1. The molecule has 1 fully saturated rings. The van der Waals surface area contributed by atoms with E-state index >= 15 is 0 Å². The zero-order valence-corrected chi connectivity index (χ0v) is 23.3. The maximum Gasteiger partial charge on any atom is 0.417 e. The van der Waals surface area contributed by atoms with Gasteiger partial charge in [-0.1, -0.05) is 26.2 Å². The molecule has 42 heavy (non-hydrogen) atoms. The lowest BCUT2D eigenvalue weighted by molar-refractivity contribution is -0.144. The standard InChI is InChI=1S/C30H35F3N2O7/c1-2-35(12-14-6-4-3-5-7-14)13-16-10-19(36)22-18(24(16)30(31,32)33)9-15-8-17-11-20(37)23(28(34)41)27(40)29(17,42)26(39)21(15)25(22)38/h10,14-15,17,36-37,39,42H,2-9,11-13H2,1H3,(H2,34,41)/t15?,17-,29-/m0/s1. The number of carbonyl (C=O) groups is 3. The van der Waals surface area contributed by atoms with Crippen LogP contribution >= 0.6 is 0 Å². The van der Waals surface area contributed by atoms with Gasteiger partial charge in [-0.25, -0.2) is 0 Å². The van der Waals surface area contributed by atoms with Crippen molar-refractivity contribution >= 4 is 17.5 Å². The lowest BCUT2D eigenvalue weighted by Gasteiger charge is -2.45. The van der Waals surface area contributed by atoms with Crippen molar-refractivity contribution in [3.63, 3.8) is 0 Å². The minimum Gasteiger partial charge on any atom is -0.511 e. The number of aromatic hydroxyl groups is 1. The van der Waals surface area contributed by atoms with Crippen LogP contribution < -0.4 is 5.73 Å². The Morgan fingerprint density at radius 2 is 1.79 bits per heavy atom. The highest BCUT2D eigenvalue weighted by molar-refractivity contribution is 6.24. The third-order valence-corrected chi connectivity index (χ3v) is 9.51. The maximum atomic E-state index is 14.7. The summed E-state index contributed by atoms with van der Waals surface area (Å²) in [7, 11) is 0. The molecule has 5 rings (SSSR count). The van der Waals surface area contributed by atoms with Crippen LogP contribution in [0, 0.1) is 17.8 Å². The smallest absolute Gasteiger partial charge is 0.417 e. The van der Waals surface area contributed by atoms with E-state index in [0.717, 1.165) is 38.2 Å². The highest BCUT2D eigenvalue weighted by Gasteiger charge is 2.60. The number of rotatable bonds is 6. The molecule has 0 saturated heterocycles. The molecule has 0 aliphatic heterocycles. The van der Waals surface area contributed by atoms with Crippen LogP contribution in [0.15, 0.2) is 28.7 Å². The molecule has 0 radical (unpaired) electrons. The number of nitrogens with zero attached hydrogens (tertiary/aromatic N) is 1. The Hall–Kier alpha value is -3.38. The number of carbonyl (C=O) groups excluding carboxylic acids is 3. The molecule has 9 nitrogen and oxygen atoms in total. The topological polar surface area (TPSA) is 161 Å². The van der Waals surface area contributed by atoms with E-state index in [0.29, 0.717) is 19.0 Å². The normalized spacial score (nSPS) is 26.8. The van der Waals surface area contributed by atoms with Crippen LogP contribution in [0.3, 0.4) is 0 Å². The Labute approximate surface area is 240 Å². The molecule has 1 aromatic carbocycles. The van der Waals surface area contributed by atoms with Crippen LogP contribution in [-0.4, -0.2) is 61.5 Å². The van der Waals surface area contributed by atoms with E-state index in [-0.39, 0.29) is 18.5 Å². The first-order valence-electron chi connectivity index (χ1n) is 14.3. The number of halogens is 3. The average Bonchev–Trinajstić information content (AvgIpc) is 2.89. The molecule has 4 aliphatic carbocycles. The van der Waals surface area contributed by atoms with Crippen molar-refractivity contribution in [3.8, 4) is 5.75 Å². The lowest BCUT2D eigenvalue weighted by atomic mass is 9.60. The molecule has 0 heterocycles. The second-order valence-corrected chi connectivity index (χ2v) is 12.0. The fraction of sp³-hybridized carbons (Fsp3) is 0.567. The summed E-state index contributed by atoms with van der Waals surface area (Å²) in [5, 5.41) is 43.7. The van der Waals surface area contributed by atoms with Crippen LogP contribution in [0.25, 0.3) is 0 Å². The third kappa shape index (κ3) is 4.78. The number of Topliss-reactive ketones (excluding diaryl/α,β-unsaturated/α-hetero) is 2. The van der Waals surface area contributed by atoms with Crippen LogP contribution in [0.5, 0.6) is 5.75 Å². The fourth-order valence-electron chi connectivity index (χ4n) is 7.52. The van der Waals surface area contributed by atoms with Crippen molar-refractivity contribution < 1.29 is 48.0 Å². The van der Waals surface area contributed by atoms with Gasteiger partial charge in [0.25, 0.3) is 5.91 Å². The second-order valence-electron chi connectivity index (χ2n) is 12.0. The van der Waals surface area contributed by atoms with Crippen LogP contribution in [0.4, 0.5) is 13.2 Å². The molecule has 4 aliphatic rings. The fourth-order valence-corrected chi connectivity index (χ4v) is 7.52. The van der Waals surface area contributed by atoms with Crippen molar-refractivity contribution in [2.75, 3.05) is 13.1 Å². The quantitative estimate of drug-likeness (QED) is 0.310. The predicted octanol–water partition coefficient (Wildman–Crippen LogP) is 4.00. The van der Waals surface area contributed by atoms with Gasteiger partial charge in [-0.3, -0.25) is 19.3 Å². The Kier molecular flexibility index (Phi) is 7.68. The molecular formula is C30H35F3N2O7. The molecule has 1 amide bonds. The van der Waals surface area contributed by atoms with Crippen molar-refractivity contribution in [1.82, 2.24) is 4.90 Å². The number of ketones is 2. The van der Waals surface area contributed by atoms with Gasteiger partial charge in [0.1, 0.15) is 22.8 Å². The zero-order chi connectivity index (χ0) is 30.7. The van der Waals surface area contributed by atoms with E-state index in [9.17, 15) is 48.0 Å². The number of amides is 1. The minimum absolute atomic E-state index is 0.0824. The number of hydrogen-bond donors (Lipinski definition) is 5. The van der Waals surface area contributed by atoms with Crippen molar-refractivity contribution in [3.05, 3.63) is 51.0 Å². The van der Waals surface area contributed by atoms with Crippen molar-refractivity contribution in [2.45, 2.75) is 76.6 Å². The molecule has 1 unspecified atom stereocenters. The molecule has 0 spiro atoms. The third-order valence-electron chi connectivity index (χ3n) is 9.51. The number of nitrogens with two attached hydrogens (primary N) is 1. The molecule has 1 saturated carbocycles. The van der Waals surface area contributed by atoms with Gasteiger partial charge < -0.3 is 26.2 Å². The Bertz CT molecular complexity index is 1410. The van der Waals surface area contributed by atoms with Gasteiger partial charge in [0, 0.05) is 31.0 Å². The van der Waals surface area contributed by atoms with Gasteiger partial charge in [0.2, 0.25) is 5.78 Å². The zero-order valence-electron chi connectivity index (χ0n) is 23.3. The number of allylic oxidation sites excluding steroid dienone is 2.